The molecule has 11 heteroatoms. The van der Waals surface area contributed by atoms with Crippen molar-refractivity contribution in [2.45, 2.75) is 19.6 Å². The summed E-state index contributed by atoms with van der Waals surface area (Å²) >= 11 is 0. The maximum absolute atomic E-state index is 13.1. The highest BCUT2D eigenvalue weighted by Gasteiger charge is 2.33. The van der Waals surface area contributed by atoms with Crippen LogP contribution in [-0.4, -0.2) is 30.1 Å². The topological polar surface area (TPSA) is 94.2 Å². The van der Waals surface area contributed by atoms with Gasteiger partial charge in [-0.25, -0.2) is 18.9 Å². The number of alkyl halides is 3. The van der Waals surface area contributed by atoms with E-state index in [9.17, 15) is 22.8 Å². The molecular formula is C20H15F3N6O2. The van der Waals surface area contributed by atoms with E-state index in [1.165, 1.54) is 16.5 Å². The molecule has 0 fully saturated rings. The van der Waals surface area contributed by atoms with Crippen molar-refractivity contribution in [3.8, 4) is 11.4 Å². The van der Waals surface area contributed by atoms with E-state index < -0.39 is 35.6 Å². The molecule has 0 aliphatic rings. The Labute approximate surface area is 173 Å². The molecule has 158 valence electrons. The van der Waals surface area contributed by atoms with Gasteiger partial charge in [-0.1, -0.05) is 18.2 Å². The Morgan fingerprint density at radius 2 is 1.84 bits per heavy atom. The van der Waals surface area contributed by atoms with Crippen molar-refractivity contribution in [3.63, 3.8) is 0 Å². The summed E-state index contributed by atoms with van der Waals surface area (Å²) in [6, 6.07) is 11.4. The molecule has 0 saturated heterocycles. The van der Waals surface area contributed by atoms with Gasteiger partial charge in [-0.15, -0.1) is 5.10 Å². The monoisotopic (exact) mass is 428 g/mol. The average molecular weight is 428 g/mol. The Bertz CT molecular complexity index is 1330. The van der Waals surface area contributed by atoms with Gasteiger partial charge in [0, 0.05) is 12.3 Å². The van der Waals surface area contributed by atoms with Gasteiger partial charge in [0.2, 0.25) is 5.91 Å². The van der Waals surface area contributed by atoms with Crippen molar-refractivity contribution in [2.75, 3.05) is 5.32 Å². The number of nitrogens with one attached hydrogen (secondary N) is 1. The zero-order valence-corrected chi connectivity index (χ0v) is 16.1. The number of fused-ring (bicyclic) bond motifs is 1. The van der Waals surface area contributed by atoms with Crippen LogP contribution in [0.15, 0.2) is 59.5 Å². The summed E-state index contributed by atoms with van der Waals surface area (Å²) < 4.78 is 41.4. The first kappa shape index (κ1) is 20.3. The van der Waals surface area contributed by atoms with E-state index >= 15 is 0 Å². The third-order valence-corrected chi connectivity index (χ3v) is 4.46. The van der Waals surface area contributed by atoms with Gasteiger partial charge in [0.15, 0.2) is 5.65 Å². The van der Waals surface area contributed by atoms with E-state index in [-0.39, 0.29) is 5.65 Å². The number of para-hydroxylation sites is 1. The first-order valence-electron chi connectivity index (χ1n) is 9.09. The largest absolute Gasteiger partial charge is 0.418 e. The lowest BCUT2D eigenvalue weighted by atomic mass is 10.1. The Morgan fingerprint density at radius 1 is 1.10 bits per heavy atom. The highest BCUT2D eigenvalue weighted by molar-refractivity contribution is 5.91. The molecule has 1 amide bonds. The van der Waals surface area contributed by atoms with E-state index in [2.05, 4.69) is 20.4 Å². The molecule has 0 atom stereocenters. The number of hydrogen-bond donors (Lipinski definition) is 1. The number of carbonyl (C=O) groups is 1. The highest BCUT2D eigenvalue weighted by Crippen LogP contribution is 2.34. The lowest BCUT2D eigenvalue weighted by molar-refractivity contribution is -0.137. The van der Waals surface area contributed by atoms with Crippen molar-refractivity contribution in [2.24, 2.45) is 0 Å². The molecule has 0 bridgehead atoms. The quantitative estimate of drug-likeness (QED) is 0.540. The molecular weight excluding hydrogens is 413 g/mol. The standard InChI is InChI=1S/C20H15F3N6O2/c1-12-25-16(15-8-4-5-9-24-15)10-17-27-28(19(31)29(12)17)11-18(30)26-14-7-3-2-6-13(14)20(21,22)23/h2-10H,11H2,1H3,(H,26,30). The number of hydrogen-bond acceptors (Lipinski definition) is 5. The van der Waals surface area contributed by atoms with Crippen molar-refractivity contribution in [1.29, 1.82) is 0 Å². The van der Waals surface area contributed by atoms with Crippen LogP contribution in [-0.2, 0) is 17.5 Å². The molecule has 0 aliphatic heterocycles. The van der Waals surface area contributed by atoms with Crippen molar-refractivity contribution in [3.05, 3.63) is 76.6 Å². The summed E-state index contributed by atoms with van der Waals surface area (Å²) in [5.74, 6) is -0.491. The summed E-state index contributed by atoms with van der Waals surface area (Å²) in [7, 11) is 0. The molecule has 0 unspecified atom stereocenters. The first-order chi connectivity index (χ1) is 14.7. The molecule has 3 heterocycles. The molecule has 3 aromatic heterocycles. The summed E-state index contributed by atoms with van der Waals surface area (Å²) in [5.41, 5.74) is -0.700. The third kappa shape index (κ3) is 4.02. The van der Waals surface area contributed by atoms with Gasteiger partial charge in [-0.05, 0) is 31.2 Å². The molecule has 0 radical (unpaired) electrons. The van der Waals surface area contributed by atoms with Crippen LogP contribution in [0.5, 0.6) is 0 Å². The Morgan fingerprint density at radius 3 is 2.55 bits per heavy atom. The van der Waals surface area contributed by atoms with Crippen LogP contribution in [0.25, 0.3) is 17.0 Å². The van der Waals surface area contributed by atoms with Crippen LogP contribution in [0.4, 0.5) is 18.9 Å². The van der Waals surface area contributed by atoms with Crippen LogP contribution in [0.2, 0.25) is 0 Å². The maximum Gasteiger partial charge on any atom is 0.418 e. The Kier molecular flexibility index (Phi) is 5.01. The van der Waals surface area contributed by atoms with Gasteiger partial charge in [0.1, 0.15) is 12.4 Å². The molecule has 8 nitrogen and oxygen atoms in total. The number of halogens is 3. The SMILES string of the molecule is Cc1nc(-c2ccccn2)cc2nn(CC(=O)Nc3ccccc3C(F)(F)F)c(=O)n12. The van der Waals surface area contributed by atoms with Crippen molar-refractivity contribution in [1.82, 2.24) is 24.1 Å². The molecule has 0 spiro atoms. The van der Waals surface area contributed by atoms with Gasteiger partial charge in [-0.2, -0.15) is 13.2 Å². The van der Waals surface area contributed by atoms with E-state index in [1.807, 2.05) is 0 Å². The van der Waals surface area contributed by atoms with Crippen LogP contribution in [0.1, 0.15) is 11.4 Å². The Balaban J connectivity index is 1.64. The second-order valence-electron chi connectivity index (χ2n) is 6.63. The van der Waals surface area contributed by atoms with Crippen molar-refractivity contribution < 1.29 is 18.0 Å². The number of nitrogens with zero attached hydrogens (tertiary/aromatic N) is 5. The number of amides is 1. The predicted octanol–water partition coefficient (Wildman–Crippen LogP) is 2.92. The smallest absolute Gasteiger partial charge is 0.324 e. The van der Waals surface area contributed by atoms with E-state index in [0.29, 0.717) is 17.2 Å². The van der Waals surface area contributed by atoms with E-state index in [0.717, 1.165) is 16.8 Å². The zero-order valence-electron chi connectivity index (χ0n) is 16.1. The van der Waals surface area contributed by atoms with Crippen LogP contribution >= 0.6 is 0 Å². The summed E-state index contributed by atoms with van der Waals surface area (Å²) in [5, 5.41) is 6.32. The van der Waals surface area contributed by atoms with Gasteiger partial charge >= 0.3 is 11.9 Å². The lowest BCUT2D eigenvalue weighted by Gasteiger charge is -2.13. The highest BCUT2D eigenvalue weighted by atomic mass is 19.4. The van der Waals surface area contributed by atoms with Gasteiger partial charge < -0.3 is 5.32 Å². The minimum absolute atomic E-state index is 0.238. The minimum atomic E-state index is -4.63. The normalized spacial score (nSPS) is 11.6. The van der Waals surface area contributed by atoms with E-state index in [4.69, 9.17) is 0 Å². The van der Waals surface area contributed by atoms with E-state index in [1.54, 1.807) is 37.4 Å². The minimum Gasteiger partial charge on any atom is -0.324 e. The number of benzene rings is 1. The number of carbonyl (C=O) groups excluding carboxylic acids is 1. The fourth-order valence-corrected chi connectivity index (χ4v) is 3.11. The van der Waals surface area contributed by atoms with Crippen LogP contribution < -0.4 is 11.0 Å². The Hall–Kier alpha value is -4.02. The van der Waals surface area contributed by atoms with Crippen molar-refractivity contribution >= 4 is 17.2 Å². The lowest BCUT2D eigenvalue weighted by Crippen LogP contribution is -2.29. The number of anilines is 1. The van der Waals surface area contributed by atoms with Gasteiger partial charge in [-0.3, -0.25) is 9.78 Å². The average Bonchev–Trinajstić information content (AvgIpc) is 3.03. The summed E-state index contributed by atoms with van der Waals surface area (Å²) in [4.78, 5) is 33.6. The molecule has 0 saturated carbocycles. The second kappa shape index (κ2) is 7.67. The number of rotatable bonds is 4. The fourth-order valence-electron chi connectivity index (χ4n) is 3.11. The molecule has 1 aromatic carbocycles. The molecule has 4 aromatic rings. The zero-order chi connectivity index (χ0) is 22.2. The second-order valence-corrected chi connectivity index (χ2v) is 6.63. The number of pyridine rings is 1. The first-order valence-corrected chi connectivity index (χ1v) is 9.09. The van der Waals surface area contributed by atoms with Crippen LogP contribution in [0, 0.1) is 6.92 Å². The summed E-state index contributed by atoms with van der Waals surface area (Å²) in [6.07, 6.45) is -3.03. The van der Waals surface area contributed by atoms with Gasteiger partial charge in [0.25, 0.3) is 0 Å². The molecule has 4 rings (SSSR count). The predicted molar refractivity (Wildman–Crippen MR) is 105 cm³/mol. The maximum atomic E-state index is 13.1. The summed E-state index contributed by atoms with van der Waals surface area (Å²) in [6.45, 7) is 1.04. The van der Waals surface area contributed by atoms with Gasteiger partial charge in [0.05, 0.1) is 22.6 Å². The third-order valence-electron chi connectivity index (χ3n) is 4.46. The number of aromatic nitrogens is 5. The fraction of sp³-hybridized carbons (Fsp3) is 0.150. The number of aryl methyl sites for hydroxylation is 1. The molecule has 31 heavy (non-hydrogen) atoms. The molecule has 0 aliphatic carbocycles. The van der Waals surface area contributed by atoms with Crippen LogP contribution in [0.3, 0.4) is 0 Å². The molecule has 1 N–H and O–H groups in total.